The lowest BCUT2D eigenvalue weighted by Crippen LogP contribution is -2.18. The van der Waals surface area contributed by atoms with Crippen LogP contribution in [-0.2, 0) is 12.0 Å². The first-order valence-electron chi connectivity index (χ1n) is 9.60. The number of fused-ring (bicyclic) bond motifs is 1. The summed E-state index contributed by atoms with van der Waals surface area (Å²) >= 11 is 1.65. The number of rotatable bonds is 4. The Kier molecular flexibility index (Phi) is 4.96. The highest BCUT2D eigenvalue weighted by Crippen LogP contribution is 2.26. The van der Waals surface area contributed by atoms with Crippen LogP contribution in [0.3, 0.4) is 0 Å². The Morgan fingerprint density at radius 2 is 1.86 bits per heavy atom. The zero-order valence-electron chi connectivity index (χ0n) is 17.1. The summed E-state index contributed by atoms with van der Waals surface area (Å²) in [6, 6.07) is 17.8. The third kappa shape index (κ3) is 4.22. The first kappa shape index (κ1) is 19.3. The van der Waals surface area contributed by atoms with Crippen LogP contribution >= 0.6 is 11.3 Å². The van der Waals surface area contributed by atoms with Gasteiger partial charge in [0.1, 0.15) is 5.69 Å². The number of hydrogen-bond acceptors (Lipinski definition) is 4. The molecule has 0 saturated heterocycles. The van der Waals surface area contributed by atoms with Crippen molar-refractivity contribution in [3.05, 3.63) is 76.6 Å². The molecule has 0 atom stereocenters. The van der Waals surface area contributed by atoms with Crippen molar-refractivity contribution in [2.75, 3.05) is 5.32 Å². The maximum Gasteiger partial charge on any atom is 0.273 e. The highest BCUT2D eigenvalue weighted by Gasteiger charge is 2.23. The van der Waals surface area contributed by atoms with Crippen LogP contribution in [0.2, 0.25) is 0 Å². The zero-order chi connectivity index (χ0) is 20.6. The minimum atomic E-state index is -0.171. The topological polar surface area (TPSA) is 59.8 Å². The summed E-state index contributed by atoms with van der Waals surface area (Å²) in [5.41, 5.74) is 4.03. The average molecular weight is 405 g/mol. The molecule has 29 heavy (non-hydrogen) atoms. The number of hydrogen-bond donors (Lipinski definition) is 1. The van der Waals surface area contributed by atoms with Gasteiger partial charge in [0.2, 0.25) is 0 Å². The maximum atomic E-state index is 13.1. The highest BCUT2D eigenvalue weighted by atomic mass is 32.1. The number of carbonyl (C=O) groups excluding carboxylic acids is 1. The van der Waals surface area contributed by atoms with E-state index in [0.29, 0.717) is 12.2 Å². The number of carbonyl (C=O) groups is 1. The molecule has 1 amide bonds. The Morgan fingerprint density at radius 1 is 1.10 bits per heavy atom. The SMILES string of the molecule is Cc1nc2cc(NC(=O)c3cc(C(C)(C)C)nn3Cc3ccccc3)ccc2s1. The van der Waals surface area contributed by atoms with E-state index in [9.17, 15) is 4.79 Å². The van der Waals surface area contributed by atoms with Crippen molar-refractivity contribution < 1.29 is 4.79 Å². The number of nitrogens with one attached hydrogen (secondary N) is 1. The van der Waals surface area contributed by atoms with Gasteiger partial charge in [-0.2, -0.15) is 5.10 Å². The molecule has 0 radical (unpaired) electrons. The summed E-state index contributed by atoms with van der Waals surface area (Å²) < 4.78 is 2.90. The summed E-state index contributed by atoms with van der Waals surface area (Å²) in [7, 11) is 0. The van der Waals surface area contributed by atoms with Crippen molar-refractivity contribution in [1.29, 1.82) is 0 Å². The number of anilines is 1. The van der Waals surface area contributed by atoms with Gasteiger partial charge in [0.15, 0.2) is 0 Å². The molecule has 0 aliphatic heterocycles. The van der Waals surface area contributed by atoms with Crippen LogP contribution < -0.4 is 5.32 Å². The van der Waals surface area contributed by atoms with E-state index in [4.69, 9.17) is 5.10 Å². The molecule has 6 heteroatoms. The molecule has 148 valence electrons. The number of benzene rings is 2. The summed E-state index contributed by atoms with van der Waals surface area (Å²) in [4.78, 5) is 17.6. The van der Waals surface area contributed by atoms with Crippen LogP contribution in [0.1, 0.15) is 47.5 Å². The van der Waals surface area contributed by atoms with E-state index in [-0.39, 0.29) is 11.3 Å². The fourth-order valence-corrected chi connectivity index (χ4v) is 3.97. The number of thiazole rings is 1. The first-order valence-corrected chi connectivity index (χ1v) is 10.4. The molecule has 0 aliphatic rings. The molecule has 0 unspecified atom stereocenters. The van der Waals surface area contributed by atoms with Crippen LogP contribution in [0, 0.1) is 6.92 Å². The molecular weight excluding hydrogens is 380 g/mol. The van der Waals surface area contributed by atoms with E-state index in [2.05, 4.69) is 31.1 Å². The molecule has 0 aliphatic carbocycles. The van der Waals surface area contributed by atoms with Gasteiger partial charge in [0, 0.05) is 11.1 Å². The van der Waals surface area contributed by atoms with Crippen molar-refractivity contribution >= 4 is 33.1 Å². The molecule has 2 aromatic carbocycles. The van der Waals surface area contributed by atoms with Gasteiger partial charge < -0.3 is 5.32 Å². The second-order valence-corrected chi connectivity index (χ2v) is 9.41. The van der Waals surface area contributed by atoms with Crippen LogP contribution in [0.25, 0.3) is 10.2 Å². The van der Waals surface area contributed by atoms with Gasteiger partial charge in [-0.3, -0.25) is 9.48 Å². The predicted molar refractivity (Wildman–Crippen MR) is 119 cm³/mol. The smallest absolute Gasteiger partial charge is 0.273 e. The Hall–Kier alpha value is -2.99. The quantitative estimate of drug-likeness (QED) is 0.495. The first-order chi connectivity index (χ1) is 13.8. The van der Waals surface area contributed by atoms with Crippen molar-refractivity contribution in [3.63, 3.8) is 0 Å². The molecule has 4 aromatic rings. The number of aromatic nitrogens is 3. The number of amides is 1. The van der Waals surface area contributed by atoms with Gasteiger partial charge in [-0.25, -0.2) is 4.98 Å². The number of aryl methyl sites for hydroxylation is 1. The lowest BCUT2D eigenvalue weighted by Gasteiger charge is -2.14. The van der Waals surface area contributed by atoms with E-state index in [1.807, 2.05) is 61.5 Å². The van der Waals surface area contributed by atoms with Crippen molar-refractivity contribution in [3.8, 4) is 0 Å². The summed E-state index contributed by atoms with van der Waals surface area (Å²) in [6.07, 6.45) is 0. The molecule has 0 bridgehead atoms. The van der Waals surface area contributed by atoms with E-state index in [1.165, 1.54) is 0 Å². The number of nitrogens with zero attached hydrogens (tertiary/aromatic N) is 3. The van der Waals surface area contributed by atoms with Gasteiger partial charge in [0.05, 0.1) is 27.5 Å². The molecular formula is C23H24N4OS. The van der Waals surface area contributed by atoms with E-state index >= 15 is 0 Å². The van der Waals surface area contributed by atoms with Gasteiger partial charge >= 0.3 is 0 Å². The van der Waals surface area contributed by atoms with Crippen LogP contribution in [0.5, 0.6) is 0 Å². The second-order valence-electron chi connectivity index (χ2n) is 8.18. The Balaban J connectivity index is 1.65. The molecule has 2 aromatic heterocycles. The molecule has 0 spiro atoms. The normalized spacial score (nSPS) is 11.7. The van der Waals surface area contributed by atoms with Crippen molar-refractivity contribution in [1.82, 2.24) is 14.8 Å². The highest BCUT2D eigenvalue weighted by molar-refractivity contribution is 7.18. The Morgan fingerprint density at radius 3 is 2.59 bits per heavy atom. The lowest BCUT2D eigenvalue weighted by atomic mass is 9.92. The van der Waals surface area contributed by atoms with E-state index in [0.717, 1.165) is 32.2 Å². The lowest BCUT2D eigenvalue weighted by molar-refractivity contribution is 0.101. The van der Waals surface area contributed by atoms with Gasteiger partial charge in [-0.1, -0.05) is 51.1 Å². The van der Waals surface area contributed by atoms with Gasteiger partial charge in [0.25, 0.3) is 5.91 Å². The van der Waals surface area contributed by atoms with Crippen LogP contribution in [0.15, 0.2) is 54.6 Å². The largest absolute Gasteiger partial charge is 0.321 e. The summed E-state index contributed by atoms with van der Waals surface area (Å²) in [5.74, 6) is -0.171. The molecule has 2 heterocycles. The van der Waals surface area contributed by atoms with Gasteiger partial charge in [-0.05, 0) is 36.8 Å². The van der Waals surface area contributed by atoms with Crippen LogP contribution in [-0.4, -0.2) is 20.7 Å². The Labute approximate surface area is 174 Å². The molecule has 1 N–H and O–H groups in total. The molecule has 5 nitrogen and oxygen atoms in total. The zero-order valence-corrected chi connectivity index (χ0v) is 17.9. The minimum Gasteiger partial charge on any atom is -0.321 e. The third-order valence-electron chi connectivity index (χ3n) is 4.71. The Bertz CT molecular complexity index is 1170. The average Bonchev–Trinajstić information content (AvgIpc) is 3.25. The minimum absolute atomic E-state index is 0.145. The van der Waals surface area contributed by atoms with Gasteiger partial charge in [-0.15, -0.1) is 11.3 Å². The standard InChI is InChI=1S/C23H24N4OS/c1-15-24-18-12-17(10-11-20(18)29-15)25-22(28)19-13-21(23(2,3)4)26-27(19)14-16-8-6-5-7-9-16/h5-13H,14H2,1-4H3,(H,25,28). The van der Waals surface area contributed by atoms with E-state index in [1.54, 1.807) is 16.0 Å². The summed E-state index contributed by atoms with van der Waals surface area (Å²) in [6.45, 7) is 8.83. The predicted octanol–water partition coefficient (Wildman–Crippen LogP) is 5.40. The van der Waals surface area contributed by atoms with Crippen molar-refractivity contribution in [2.24, 2.45) is 0 Å². The maximum absolute atomic E-state index is 13.1. The van der Waals surface area contributed by atoms with E-state index < -0.39 is 0 Å². The fourth-order valence-electron chi connectivity index (χ4n) is 3.16. The van der Waals surface area contributed by atoms with Crippen LogP contribution in [0.4, 0.5) is 5.69 Å². The van der Waals surface area contributed by atoms with Crippen molar-refractivity contribution in [2.45, 2.75) is 39.7 Å². The molecule has 0 saturated carbocycles. The summed E-state index contributed by atoms with van der Waals surface area (Å²) in [5, 5.41) is 8.77. The monoisotopic (exact) mass is 404 g/mol. The second kappa shape index (κ2) is 7.44. The molecule has 0 fully saturated rings. The fraction of sp³-hybridized carbons (Fsp3) is 0.261. The molecule has 4 rings (SSSR count). The third-order valence-corrected chi connectivity index (χ3v) is 5.66.